The minimum Gasteiger partial charge on any atom is -0.356 e. The summed E-state index contributed by atoms with van der Waals surface area (Å²) in [5.74, 6) is 1.48. The van der Waals surface area contributed by atoms with Gasteiger partial charge in [0.05, 0.1) is 6.26 Å². The van der Waals surface area contributed by atoms with E-state index in [0.29, 0.717) is 12.5 Å². The molecule has 18 heavy (non-hydrogen) atoms. The highest BCUT2D eigenvalue weighted by molar-refractivity contribution is 7.88. The summed E-state index contributed by atoms with van der Waals surface area (Å²) in [6, 6.07) is 0. The van der Waals surface area contributed by atoms with Gasteiger partial charge in [0.2, 0.25) is 10.0 Å². The summed E-state index contributed by atoms with van der Waals surface area (Å²) >= 11 is 0. The number of hydrogen-bond acceptors (Lipinski definition) is 3. The maximum Gasteiger partial charge on any atom is 0.209 e. The predicted molar refractivity (Wildman–Crippen MR) is 74.1 cm³/mol. The van der Waals surface area contributed by atoms with Crippen LogP contribution in [-0.2, 0) is 10.0 Å². The van der Waals surface area contributed by atoms with Crippen LogP contribution in [0.3, 0.4) is 0 Å². The van der Waals surface area contributed by atoms with Crippen molar-refractivity contribution in [1.29, 1.82) is 0 Å². The van der Waals surface area contributed by atoms with Crippen LogP contribution in [0.15, 0.2) is 4.99 Å². The summed E-state index contributed by atoms with van der Waals surface area (Å²) < 4.78 is 25.0. The standard InChI is InChI=1S/C11H24N4O2S/c1-11(2,15-18(4,16)17)8-14-10(12-3)13-7-9-5-6-9/h9,15H,5-8H2,1-4H3,(H2,12,13,14). The molecule has 0 amide bonds. The van der Waals surface area contributed by atoms with Crippen molar-refractivity contribution in [2.24, 2.45) is 10.9 Å². The lowest BCUT2D eigenvalue weighted by atomic mass is 10.1. The van der Waals surface area contributed by atoms with Gasteiger partial charge in [0.1, 0.15) is 0 Å². The fourth-order valence-electron chi connectivity index (χ4n) is 1.63. The lowest BCUT2D eigenvalue weighted by molar-refractivity contribution is 0.446. The third kappa shape index (κ3) is 6.80. The van der Waals surface area contributed by atoms with Crippen LogP contribution in [0.1, 0.15) is 26.7 Å². The number of aliphatic imine (C=N–C) groups is 1. The lowest BCUT2D eigenvalue weighted by Crippen LogP contribution is -2.53. The third-order valence-corrected chi connectivity index (χ3v) is 3.56. The zero-order valence-corrected chi connectivity index (χ0v) is 12.4. The maximum atomic E-state index is 11.2. The Kier molecular flexibility index (Phi) is 4.98. The number of nitrogens with one attached hydrogen (secondary N) is 3. The van der Waals surface area contributed by atoms with Gasteiger partial charge in [0.25, 0.3) is 0 Å². The number of sulfonamides is 1. The van der Waals surface area contributed by atoms with Gasteiger partial charge in [-0.3, -0.25) is 4.99 Å². The molecule has 0 saturated heterocycles. The van der Waals surface area contributed by atoms with Gasteiger partial charge in [-0.1, -0.05) is 0 Å². The van der Waals surface area contributed by atoms with Crippen molar-refractivity contribution in [3.05, 3.63) is 0 Å². The van der Waals surface area contributed by atoms with Crippen LogP contribution in [-0.4, -0.2) is 46.3 Å². The van der Waals surface area contributed by atoms with E-state index in [9.17, 15) is 8.42 Å². The average Bonchev–Trinajstić information content (AvgIpc) is 2.98. The molecule has 0 aromatic heterocycles. The Balaban J connectivity index is 2.36. The molecule has 1 rings (SSSR count). The van der Waals surface area contributed by atoms with Gasteiger partial charge >= 0.3 is 0 Å². The summed E-state index contributed by atoms with van der Waals surface area (Å²) in [6.45, 7) is 5.06. The van der Waals surface area contributed by atoms with E-state index in [0.717, 1.165) is 18.7 Å². The van der Waals surface area contributed by atoms with Crippen molar-refractivity contribution in [2.45, 2.75) is 32.2 Å². The number of nitrogens with zero attached hydrogens (tertiary/aromatic N) is 1. The van der Waals surface area contributed by atoms with Crippen molar-refractivity contribution in [3.63, 3.8) is 0 Å². The molecular weight excluding hydrogens is 252 g/mol. The Hall–Kier alpha value is -0.820. The first kappa shape index (κ1) is 15.2. The summed E-state index contributed by atoms with van der Waals surface area (Å²) in [5.41, 5.74) is -0.551. The molecule has 0 radical (unpaired) electrons. The molecule has 0 atom stereocenters. The molecule has 0 bridgehead atoms. The fraction of sp³-hybridized carbons (Fsp3) is 0.909. The van der Waals surface area contributed by atoms with Gasteiger partial charge in [-0.05, 0) is 32.6 Å². The predicted octanol–water partition coefficient (Wildman–Crippen LogP) is -0.111. The van der Waals surface area contributed by atoms with Crippen LogP contribution in [0.5, 0.6) is 0 Å². The molecule has 3 N–H and O–H groups in total. The molecular formula is C11H24N4O2S. The molecule has 0 heterocycles. The van der Waals surface area contributed by atoms with Gasteiger partial charge in [-0.2, -0.15) is 0 Å². The molecule has 1 saturated carbocycles. The minimum atomic E-state index is -3.20. The second kappa shape index (κ2) is 5.88. The van der Waals surface area contributed by atoms with Gasteiger partial charge < -0.3 is 10.6 Å². The van der Waals surface area contributed by atoms with Gasteiger partial charge in [-0.25, -0.2) is 13.1 Å². The van der Waals surface area contributed by atoms with Crippen LogP contribution in [0.2, 0.25) is 0 Å². The normalized spacial score (nSPS) is 17.7. The Labute approximate surface area is 110 Å². The van der Waals surface area contributed by atoms with Gasteiger partial charge in [0.15, 0.2) is 5.96 Å². The highest BCUT2D eigenvalue weighted by Gasteiger charge is 2.23. The third-order valence-electron chi connectivity index (χ3n) is 2.64. The van der Waals surface area contributed by atoms with Crippen LogP contribution in [0.4, 0.5) is 0 Å². The van der Waals surface area contributed by atoms with E-state index in [4.69, 9.17) is 0 Å². The number of rotatable bonds is 6. The van der Waals surface area contributed by atoms with E-state index in [1.54, 1.807) is 7.05 Å². The van der Waals surface area contributed by atoms with Crippen LogP contribution in [0, 0.1) is 5.92 Å². The van der Waals surface area contributed by atoms with E-state index < -0.39 is 15.6 Å². The van der Waals surface area contributed by atoms with E-state index in [1.165, 1.54) is 12.8 Å². The molecule has 0 aromatic rings. The molecule has 0 aliphatic heterocycles. The maximum absolute atomic E-state index is 11.2. The topological polar surface area (TPSA) is 82.6 Å². The van der Waals surface area contributed by atoms with E-state index in [2.05, 4.69) is 20.3 Å². The largest absolute Gasteiger partial charge is 0.356 e. The summed E-state index contributed by atoms with van der Waals surface area (Å²) in [6.07, 6.45) is 3.73. The molecule has 1 aliphatic rings. The quantitative estimate of drug-likeness (QED) is 0.467. The first-order chi connectivity index (χ1) is 8.22. The molecule has 1 fully saturated rings. The zero-order valence-electron chi connectivity index (χ0n) is 11.6. The Morgan fingerprint density at radius 1 is 1.33 bits per heavy atom. The average molecular weight is 276 g/mol. The second-order valence-corrected chi connectivity index (χ2v) is 7.26. The van der Waals surface area contributed by atoms with E-state index in [1.807, 2.05) is 13.8 Å². The zero-order chi connectivity index (χ0) is 13.8. The highest BCUT2D eigenvalue weighted by atomic mass is 32.2. The smallest absolute Gasteiger partial charge is 0.209 e. The van der Waals surface area contributed by atoms with Crippen molar-refractivity contribution >= 4 is 16.0 Å². The highest BCUT2D eigenvalue weighted by Crippen LogP contribution is 2.27. The van der Waals surface area contributed by atoms with E-state index >= 15 is 0 Å². The van der Waals surface area contributed by atoms with Gasteiger partial charge in [-0.15, -0.1) is 0 Å². The number of hydrogen-bond donors (Lipinski definition) is 3. The Morgan fingerprint density at radius 3 is 2.39 bits per heavy atom. The van der Waals surface area contributed by atoms with Crippen molar-refractivity contribution in [1.82, 2.24) is 15.4 Å². The van der Waals surface area contributed by atoms with Crippen molar-refractivity contribution in [2.75, 3.05) is 26.4 Å². The first-order valence-corrected chi connectivity index (χ1v) is 8.04. The molecule has 1 aliphatic carbocycles. The fourth-order valence-corrected chi connectivity index (χ4v) is 2.70. The van der Waals surface area contributed by atoms with Crippen molar-refractivity contribution < 1.29 is 8.42 Å². The Morgan fingerprint density at radius 2 is 1.94 bits per heavy atom. The molecule has 0 unspecified atom stereocenters. The van der Waals surface area contributed by atoms with E-state index in [-0.39, 0.29) is 0 Å². The van der Waals surface area contributed by atoms with Crippen molar-refractivity contribution in [3.8, 4) is 0 Å². The molecule has 0 aromatic carbocycles. The summed E-state index contributed by atoms with van der Waals surface area (Å²) in [4.78, 5) is 4.10. The van der Waals surface area contributed by atoms with Crippen LogP contribution in [0.25, 0.3) is 0 Å². The van der Waals surface area contributed by atoms with Crippen LogP contribution >= 0.6 is 0 Å². The van der Waals surface area contributed by atoms with Gasteiger partial charge in [0, 0.05) is 25.7 Å². The molecule has 6 nitrogen and oxygen atoms in total. The number of guanidine groups is 1. The SMILES string of the molecule is CN=C(NCC1CC1)NCC(C)(C)NS(C)(=O)=O. The Bertz CT molecular complexity index is 399. The molecule has 0 spiro atoms. The second-order valence-electron chi connectivity index (χ2n) is 5.51. The monoisotopic (exact) mass is 276 g/mol. The molecule has 106 valence electrons. The first-order valence-electron chi connectivity index (χ1n) is 6.15. The molecule has 7 heteroatoms. The minimum absolute atomic E-state index is 0.477. The summed E-state index contributed by atoms with van der Waals surface area (Å²) in [7, 11) is -1.49. The summed E-state index contributed by atoms with van der Waals surface area (Å²) in [5, 5.41) is 6.36. The lowest BCUT2D eigenvalue weighted by Gasteiger charge is -2.26. The van der Waals surface area contributed by atoms with Crippen LogP contribution < -0.4 is 15.4 Å².